The minimum atomic E-state index is -0.925. The first-order valence-corrected chi connectivity index (χ1v) is 21.4. The Balaban J connectivity index is 1.14. The second-order valence-corrected chi connectivity index (χ2v) is 15.4. The number of nitrogens with one attached hydrogen (secondary N) is 4. The molecule has 2 aromatic heterocycles. The van der Waals surface area contributed by atoms with Crippen molar-refractivity contribution in [2.24, 2.45) is 0 Å². The lowest BCUT2D eigenvalue weighted by molar-refractivity contribution is -0.134. The number of carbonyl (C=O) groups is 4. The Morgan fingerprint density at radius 2 is 1.55 bits per heavy atom. The van der Waals surface area contributed by atoms with E-state index < -0.39 is 18.2 Å². The van der Waals surface area contributed by atoms with Gasteiger partial charge in [0.25, 0.3) is 0 Å². The van der Waals surface area contributed by atoms with E-state index in [4.69, 9.17) is 14.7 Å². The Morgan fingerprint density at radius 3 is 2.28 bits per heavy atom. The number of imidazole rings is 2. The van der Waals surface area contributed by atoms with Gasteiger partial charge in [-0.25, -0.2) is 19.6 Å². The summed E-state index contributed by atoms with van der Waals surface area (Å²) < 4.78 is 9.47. The molecule has 0 radical (unpaired) electrons. The van der Waals surface area contributed by atoms with Crippen molar-refractivity contribution in [3.63, 3.8) is 0 Å². The van der Waals surface area contributed by atoms with Crippen LogP contribution in [-0.4, -0.2) is 87.6 Å². The van der Waals surface area contributed by atoms with Crippen LogP contribution in [0.4, 0.5) is 9.59 Å². The molecule has 2 atom stereocenters. The zero-order chi connectivity index (χ0) is 45.0. The predicted octanol–water partition coefficient (Wildman–Crippen LogP) is 7.92. The molecular weight excluding hydrogens is 809 g/mol. The van der Waals surface area contributed by atoms with Gasteiger partial charge in [-0.15, -0.1) is 0 Å². The number of hydrogen-bond donors (Lipinski definition) is 4. The number of aromatic nitrogens is 4. The first-order chi connectivity index (χ1) is 31.2. The molecule has 4 N–H and O–H groups in total. The maximum absolute atomic E-state index is 14.0. The summed E-state index contributed by atoms with van der Waals surface area (Å²) in [6.45, 7) is 5.29. The number of carbonyl (C=O) groups excluding carboxylic acids is 4. The number of aromatic amines is 2. The maximum atomic E-state index is 14.0. The van der Waals surface area contributed by atoms with E-state index in [1.54, 1.807) is 21.9 Å². The van der Waals surface area contributed by atoms with Gasteiger partial charge < -0.3 is 39.9 Å². The van der Waals surface area contributed by atoms with Crippen LogP contribution in [-0.2, 0) is 32.2 Å². The van der Waals surface area contributed by atoms with Crippen LogP contribution >= 0.6 is 0 Å². The van der Waals surface area contributed by atoms with E-state index in [1.807, 2.05) is 74.6 Å². The van der Waals surface area contributed by atoms with E-state index in [1.165, 1.54) is 14.2 Å². The van der Waals surface area contributed by atoms with Crippen LogP contribution in [0.25, 0.3) is 27.4 Å². The summed E-state index contributed by atoms with van der Waals surface area (Å²) in [5.41, 5.74) is 7.13. The monoisotopic (exact) mass is 860 g/mol. The number of H-pyrrole nitrogens is 2. The fourth-order valence-corrected chi connectivity index (χ4v) is 7.81. The summed E-state index contributed by atoms with van der Waals surface area (Å²) in [4.78, 5) is 70.8. The third-order valence-corrected chi connectivity index (χ3v) is 11.0. The van der Waals surface area contributed by atoms with Gasteiger partial charge in [0.15, 0.2) is 0 Å². The molecule has 0 fully saturated rings. The quantitative estimate of drug-likeness (QED) is 0.0754. The summed E-state index contributed by atoms with van der Waals surface area (Å²) >= 11 is 0. The number of amides is 4. The van der Waals surface area contributed by atoms with Gasteiger partial charge in [0, 0.05) is 47.4 Å². The van der Waals surface area contributed by atoms with Gasteiger partial charge in [-0.2, -0.15) is 0 Å². The van der Waals surface area contributed by atoms with Crippen molar-refractivity contribution >= 4 is 51.4 Å². The molecule has 0 spiro atoms. The topological polar surface area (TPSA) is 175 Å². The summed E-state index contributed by atoms with van der Waals surface area (Å²) in [5, 5.41) is 7.15. The molecule has 0 saturated carbocycles. The Labute approximate surface area is 372 Å². The molecule has 64 heavy (non-hydrogen) atoms. The molecule has 14 nitrogen and oxygen atoms in total. The third-order valence-electron chi connectivity index (χ3n) is 11.0. The average molecular weight is 861 g/mol. The van der Waals surface area contributed by atoms with Crippen LogP contribution in [0.2, 0.25) is 0 Å². The number of allylic oxidation sites excluding steroid dienone is 4. The lowest BCUT2D eigenvalue weighted by Gasteiger charge is -2.27. The Hall–Kier alpha value is -7.66. The van der Waals surface area contributed by atoms with E-state index in [0.29, 0.717) is 43.1 Å². The van der Waals surface area contributed by atoms with E-state index in [0.717, 1.165) is 56.2 Å². The molecule has 328 valence electrons. The summed E-state index contributed by atoms with van der Waals surface area (Å²) in [5.74, 6) is 7.61. The maximum Gasteiger partial charge on any atom is 0.407 e. The normalized spacial score (nSPS) is 13.8. The van der Waals surface area contributed by atoms with Gasteiger partial charge in [0.2, 0.25) is 11.8 Å². The van der Waals surface area contributed by atoms with E-state index in [2.05, 4.69) is 73.6 Å². The van der Waals surface area contributed by atoms with Crippen LogP contribution in [0, 0.1) is 11.8 Å². The summed E-state index contributed by atoms with van der Waals surface area (Å²) in [6.07, 6.45) is 6.84. The minimum Gasteiger partial charge on any atom is -0.453 e. The van der Waals surface area contributed by atoms with Crippen LogP contribution in [0.3, 0.4) is 0 Å². The largest absolute Gasteiger partial charge is 0.453 e. The standard InChI is InChI=1S/C50H52N8O6/c1-5-25-57(45(59)30-52-49(61)63-3)32-44-53-41-24-21-37-27-36(19-23-40(37)47(41)55-44)39-22-20-38(28-35(39)18-17-33-13-9-7-10-14-33)42-29-51-43(54-42)31-58(26-6-2)48(60)46(56-50(62)64-4)34-15-11-8-12-16-34/h7-16,19-24,27,29,38,46H,5-6,25-26,28,30-32H2,1-4H3,(H,51,54)(H,52,61)(H,53,55)(H,56,62)/t38?,46-/m1/s1. The van der Waals surface area contributed by atoms with E-state index in [-0.39, 0.29) is 37.4 Å². The van der Waals surface area contributed by atoms with Crippen molar-refractivity contribution in [3.05, 3.63) is 149 Å². The molecule has 1 aliphatic rings. The molecule has 2 heterocycles. The highest BCUT2D eigenvalue weighted by atomic mass is 16.5. The first-order valence-electron chi connectivity index (χ1n) is 21.4. The first kappa shape index (κ1) is 44.4. The van der Waals surface area contributed by atoms with Crippen LogP contribution in [0.5, 0.6) is 0 Å². The minimum absolute atomic E-state index is 0.0589. The number of hydrogen-bond acceptors (Lipinski definition) is 8. The second-order valence-electron chi connectivity index (χ2n) is 15.4. The Morgan fingerprint density at radius 1 is 0.828 bits per heavy atom. The van der Waals surface area contributed by atoms with Crippen LogP contribution < -0.4 is 10.6 Å². The molecule has 4 aromatic carbocycles. The molecule has 14 heteroatoms. The number of fused-ring (bicyclic) bond motifs is 3. The van der Waals surface area contributed by atoms with Gasteiger partial charge in [-0.05, 0) is 65.6 Å². The SMILES string of the molecule is CCCN(Cc1nc2c(ccc3cc(C4=C(C#Cc5ccccc5)CC(c5cnc(CN(CCC)C(=O)[C@H](NC(=O)OC)c6ccccc6)[nH]5)C=C4)ccc32)[nH]1)C(=O)CNC(=O)OC. The second kappa shape index (κ2) is 20.9. The molecule has 0 bridgehead atoms. The number of ether oxygens (including phenoxy) is 2. The molecule has 0 aliphatic heterocycles. The molecule has 0 saturated heterocycles. The fourth-order valence-electron chi connectivity index (χ4n) is 7.81. The van der Waals surface area contributed by atoms with E-state index in [9.17, 15) is 19.2 Å². The Bertz CT molecular complexity index is 2750. The molecule has 6 aromatic rings. The zero-order valence-electron chi connectivity index (χ0n) is 36.4. The van der Waals surface area contributed by atoms with Crippen molar-refractivity contribution in [2.45, 2.75) is 58.2 Å². The van der Waals surface area contributed by atoms with Crippen molar-refractivity contribution in [1.82, 2.24) is 40.4 Å². The predicted molar refractivity (Wildman–Crippen MR) is 245 cm³/mol. The van der Waals surface area contributed by atoms with Gasteiger partial charge in [0.1, 0.15) is 24.2 Å². The smallest absolute Gasteiger partial charge is 0.407 e. The highest BCUT2D eigenvalue weighted by molar-refractivity contribution is 6.05. The summed E-state index contributed by atoms with van der Waals surface area (Å²) in [6, 6.07) is 28.5. The Kier molecular flexibility index (Phi) is 14.5. The fraction of sp³-hybridized carbons (Fsp3) is 0.280. The number of alkyl carbamates (subject to hydrolysis) is 2. The van der Waals surface area contributed by atoms with Crippen molar-refractivity contribution in [1.29, 1.82) is 0 Å². The van der Waals surface area contributed by atoms with Gasteiger partial charge in [0.05, 0.1) is 38.3 Å². The molecular formula is C50H52N8O6. The van der Waals surface area contributed by atoms with Crippen LogP contribution in [0.1, 0.15) is 79.1 Å². The lowest BCUT2D eigenvalue weighted by Crippen LogP contribution is -2.43. The van der Waals surface area contributed by atoms with Gasteiger partial charge >= 0.3 is 12.2 Å². The number of methoxy groups -OCH3 is 2. The zero-order valence-corrected chi connectivity index (χ0v) is 36.4. The third kappa shape index (κ3) is 10.7. The molecule has 1 unspecified atom stereocenters. The number of rotatable bonds is 15. The number of nitrogens with zero attached hydrogens (tertiary/aromatic N) is 4. The molecule has 1 aliphatic carbocycles. The van der Waals surface area contributed by atoms with Gasteiger partial charge in [-0.3, -0.25) is 9.59 Å². The highest BCUT2D eigenvalue weighted by Gasteiger charge is 2.29. The summed E-state index contributed by atoms with van der Waals surface area (Å²) in [7, 11) is 2.53. The van der Waals surface area contributed by atoms with Crippen molar-refractivity contribution < 1.29 is 28.7 Å². The average Bonchev–Trinajstić information content (AvgIpc) is 3.98. The van der Waals surface area contributed by atoms with Crippen molar-refractivity contribution in [2.75, 3.05) is 33.9 Å². The molecule has 4 amide bonds. The lowest BCUT2D eigenvalue weighted by atomic mass is 9.85. The van der Waals surface area contributed by atoms with Crippen LogP contribution in [0.15, 0.2) is 115 Å². The molecule has 7 rings (SSSR count). The van der Waals surface area contributed by atoms with Crippen molar-refractivity contribution in [3.8, 4) is 11.8 Å². The van der Waals surface area contributed by atoms with E-state index >= 15 is 0 Å². The van der Waals surface area contributed by atoms with Gasteiger partial charge in [-0.1, -0.05) is 105 Å². The highest BCUT2D eigenvalue weighted by Crippen LogP contribution is 2.37. The number of benzene rings is 4.